The van der Waals surface area contributed by atoms with Gasteiger partial charge in [-0.15, -0.1) is 0 Å². The fraction of sp³-hybridized carbons (Fsp3) is 0.364. The highest BCUT2D eigenvalue weighted by molar-refractivity contribution is 6.01. The van der Waals surface area contributed by atoms with E-state index in [0.717, 1.165) is 0 Å². The van der Waals surface area contributed by atoms with Crippen LogP contribution in [0.25, 0.3) is 0 Å². The summed E-state index contributed by atoms with van der Waals surface area (Å²) in [6, 6.07) is 1.13. The number of hydrogen-bond acceptors (Lipinski definition) is 5. The van der Waals surface area contributed by atoms with Gasteiger partial charge in [0.15, 0.2) is 0 Å². The number of ether oxygens (including phenoxy) is 1. The number of fused-ring (bicyclic) bond motifs is 1. The Morgan fingerprint density at radius 1 is 1.61 bits per heavy atom. The minimum atomic E-state index is -1.06. The molecule has 18 heavy (non-hydrogen) atoms. The smallest absolute Gasteiger partial charge is 0.270 e. The molecule has 1 fully saturated rings. The number of carbonyl (C=O) groups is 2. The molecule has 2 aliphatic heterocycles. The molecular weight excluding hydrogens is 236 g/mol. The lowest BCUT2D eigenvalue weighted by Crippen LogP contribution is -2.52. The van der Waals surface area contributed by atoms with Crippen LogP contribution in [0.15, 0.2) is 18.5 Å². The summed E-state index contributed by atoms with van der Waals surface area (Å²) in [7, 11) is 0. The Labute approximate surface area is 103 Å². The van der Waals surface area contributed by atoms with Crippen molar-refractivity contribution in [2.45, 2.75) is 18.1 Å². The van der Waals surface area contributed by atoms with Crippen LogP contribution in [0.5, 0.6) is 5.75 Å². The zero-order chi connectivity index (χ0) is 12.8. The van der Waals surface area contributed by atoms with Gasteiger partial charge in [-0.2, -0.15) is 0 Å². The van der Waals surface area contributed by atoms with Gasteiger partial charge in [0.1, 0.15) is 11.4 Å². The molecule has 7 heteroatoms. The predicted octanol–water partition coefficient (Wildman–Crippen LogP) is -1.00. The number of nitrogens with one attached hydrogen (secondary N) is 2. The van der Waals surface area contributed by atoms with E-state index in [0.29, 0.717) is 11.4 Å². The number of carbonyl (C=O) groups excluding carboxylic acids is 2. The van der Waals surface area contributed by atoms with Crippen LogP contribution in [-0.2, 0) is 9.59 Å². The van der Waals surface area contributed by atoms with E-state index < -0.39 is 17.6 Å². The van der Waals surface area contributed by atoms with Crippen molar-refractivity contribution in [2.24, 2.45) is 5.73 Å². The molecular formula is C11H12N4O3. The number of hydrogen-bond donors (Lipinski definition) is 3. The summed E-state index contributed by atoms with van der Waals surface area (Å²) in [5.74, 6) is -0.209. The normalized spacial score (nSPS) is 29.6. The molecule has 0 saturated carbocycles. The number of nitrogens with zero attached hydrogens (tertiary/aromatic N) is 1. The summed E-state index contributed by atoms with van der Waals surface area (Å²) in [4.78, 5) is 27.1. The highest BCUT2D eigenvalue weighted by Crippen LogP contribution is 2.36. The first-order valence-electron chi connectivity index (χ1n) is 5.58. The highest BCUT2D eigenvalue weighted by Gasteiger charge is 2.51. The molecule has 1 saturated heterocycles. The molecule has 2 amide bonds. The Morgan fingerprint density at radius 3 is 3.17 bits per heavy atom. The maximum atomic E-state index is 12.1. The SMILES string of the molecule is NC(=O)[C@@H]1CC2(CN1)Oc1ccncc1NC2=O. The molecule has 0 aliphatic carbocycles. The van der Waals surface area contributed by atoms with E-state index in [2.05, 4.69) is 15.6 Å². The molecule has 0 aromatic carbocycles. The summed E-state index contributed by atoms with van der Waals surface area (Å²) < 4.78 is 5.75. The lowest BCUT2D eigenvalue weighted by Gasteiger charge is -2.33. The van der Waals surface area contributed by atoms with Gasteiger partial charge in [-0.3, -0.25) is 14.6 Å². The van der Waals surface area contributed by atoms with Crippen molar-refractivity contribution in [1.29, 1.82) is 0 Å². The monoisotopic (exact) mass is 248 g/mol. The number of rotatable bonds is 1. The summed E-state index contributed by atoms with van der Waals surface area (Å²) >= 11 is 0. The van der Waals surface area contributed by atoms with Gasteiger partial charge in [-0.1, -0.05) is 0 Å². The van der Waals surface area contributed by atoms with Crippen molar-refractivity contribution in [1.82, 2.24) is 10.3 Å². The molecule has 7 nitrogen and oxygen atoms in total. The van der Waals surface area contributed by atoms with E-state index in [1.54, 1.807) is 12.3 Å². The zero-order valence-corrected chi connectivity index (χ0v) is 9.47. The van der Waals surface area contributed by atoms with E-state index in [4.69, 9.17) is 10.5 Å². The second-order valence-corrected chi connectivity index (χ2v) is 4.46. The Morgan fingerprint density at radius 2 is 2.44 bits per heavy atom. The highest BCUT2D eigenvalue weighted by atomic mass is 16.5. The van der Waals surface area contributed by atoms with Crippen LogP contribution in [0.4, 0.5) is 5.69 Å². The van der Waals surface area contributed by atoms with Crippen LogP contribution in [0.3, 0.4) is 0 Å². The van der Waals surface area contributed by atoms with E-state index in [9.17, 15) is 9.59 Å². The molecule has 3 heterocycles. The minimum absolute atomic E-state index is 0.232. The van der Waals surface area contributed by atoms with Gasteiger partial charge in [0.2, 0.25) is 11.5 Å². The van der Waals surface area contributed by atoms with E-state index >= 15 is 0 Å². The number of pyridine rings is 1. The fourth-order valence-electron chi connectivity index (χ4n) is 2.27. The average molecular weight is 248 g/mol. The maximum absolute atomic E-state index is 12.1. The summed E-state index contributed by atoms with van der Waals surface area (Å²) in [5, 5.41) is 5.64. The number of primary amides is 1. The number of anilines is 1. The summed E-state index contributed by atoms with van der Waals surface area (Å²) in [5.41, 5.74) is 4.71. The van der Waals surface area contributed by atoms with Crippen molar-refractivity contribution >= 4 is 17.5 Å². The van der Waals surface area contributed by atoms with Gasteiger partial charge in [0.05, 0.1) is 12.2 Å². The lowest BCUT2D eigenvalue weighted by atomic mass is 9.96. The predicted molar refractivity (Wildman–Crippen MR) is 61.8 cm³/mol. The first-order chi connectivity index (χ1) is 8.61. The molecule has 1 unspecified atom stereocenters. The zero-order valence-electron chi connectivity index (χ0n) is 9.47. The van der Waals surface area contributed by atoms with Crippen LogP contribution < -0.4 is 21.1 Å². The molecule has 2 aliphatic rings. The number of nitrogens with two attached hydrogens (primary N) is 1. The third kappa shape index (κ3) is 1.52. The van der Waals surface area contributed by atoms with Crippen molar-refractivity contribution < 1.29 is 14.3 Å². The third-order valence-corrected chi connectivity index (χ3v) is 3.26. The number of amides is 2. The molecule has 4 N–H and O–H groups in total. The summed E-state index contributed by atoms with van der Waals surface area (Å²) in [6.45, 7) is 0.258. The van der Waals surface area contributed by atoms with Gasteiger partial charge in [0, 0.05) is 25.2 Å². The molecule has 2 atom stereocenters. The van der Waals surface area contributed by atoms with Gasteiger partial charge in [-0.05, 0) is 0 Å². The van der Waals surface area contributed by atoms with E-state index in [-0.39, 0.29) is 18.9 Å². The van der Waals surface area contributed by atoms with Crippen LogP contribution in [-0.4, -0.2) is 35.0 Å². The van der Waals surface area contributed by atoms with Crippen LogP contribution >= 0.6 is 0 Å². The molecule has 0 radical (unpaired) electrons. The van der Waals surface area contributed by atoms with Crippen molar-refractivity contribution in [3.63, 3.8) is 0 Å². The van der Waals surface area contributed by atoms with Gasteiger partial charge in [0.25, 0.3) is 5.91 Å². The summed E-state index contributed by atoms with van der Waals surface area (Å²) in [6.07, 6.45) is 3.34. The van der Waals surface area contributed by atoms with Gasteiger partial charge < -0.3 is 21.1 Å². The molecule has 94 valence electrons. The molecule has 1 aromatic rings. The fourth-order valence-corrected chi connectivity index (χ4v) is 2.27. The molecule has 1 spiro atoms. The van der Waals surface area contributed by atoms with Crippen LogP contribution in [0.2, 0.25) is 0 Å². The van der Waals surface area contributed by atoms with Crippen LogP contribution in [0.1, 0.15) is 6.42 Å². The Kier molecular flexibility index (Phi) is 2.24. The lowest BCUT2D eigenvalue weighted by molar-refractivity contribution is -0.131. The van der Waals surface area contributed by atoms with Crippen molar-refractivity contribution in [2.75, 3.05) is 11.9 Å². The molecule has 0 bridgehead atoms. The third-order valence-electron chi connectivity index (χ3n) is 3.26. The first kappa shape index (κ1) is 11.0. The van der Waals surface area contributed by atoms with E-state index in [1.807, 2.05) is 0 Å². The van der Waals surface area contributed by atoms with Gasteiger partial charge >= 0.3 is 0 Å². The van der Waals surface area contributed by atoms with Gasteiger partial charge in [-0.25, -0.2) is 0 Å². The first-order valence-corrected chi connectivity index (χ1v) is 5.58. The largest absolute Gasteiger partial charge is 0.474 e. The number of aromatic nitrogens is 1. The van der Waals surface area contributed by atoms with Crippen LogP contribution in [0, 0.1) is 0 Å². The minimum Gasteiger partial charge on any atom is -0.474 e. The Bertz CT molecular complexity index is 533. The Hall–Kier alpha value is -2.15. The topological polar surface area (TPSA) is 106 Å². The second-order valence-electron chi connectivity index (χ2n) is 4.46. The average Bonchev–Trinajstić information content (AvgIpc) is 2.76. The maximum Gasteiger partial charge on any atom is 0.270 e. The Balaban J connectivity index is 1.92. The van der Waals surface area contributed by atoms with Crippen molar-refractivity contribution in [3.8, 4) is 5.75 Å². The van der Waals surface area contributed by atoms with E-state index in [1.165, 1.54) is 6.20 Å². The molecule has 1 aromatic heterocycles. The standard InChI is InChI=1S/C11H12N4O3/c12-9(16)6-3-11(5-14-6)10(17)15-7-4-13-2-1-8(7)18-11/h1-2,4,6,14H,3,5H2,(H2,12,16)(H,15,17)/t6-,11?/m0/s1. The second kappa shape index (κ2) is 3.67. The molecule has 3 rings (SSSR count). The van der Waals surface area contributed by atoms with Crippen molar-refractivity contribution in [3.05, 3.63) is 18.5 Å². The quantitative estimate of drug-likeness (QED) is 0.591.